The first kappa shape index (κ1) is 15.2. The van der Waals surface area contributed by atoms with E-state index >= 15 is 0 Å². The zero-order valence-corrected chi connectivity index (χ0v) is 11.8. The third kappa shape index (κ3) is 3.69. The van der Waals surface area contributed by atoms with Crippen molar-refractivity contribution in [1.29, 1.82) is 0 Å². The predicted molar refractivity (Wildman–Crippen MR) is 79.8 cm³/mol. The highest BCUT2D eigenvalue weighted by molar-refractivity contribution is 6.00. The molecule has 1 aliphatic rings. The molecule has 4 N–H and O–H groups in total. The number of anilines is 1. The molecule has 7 nitrogen and oxygen atoms in total. The number of amides is 1. The first-order chi connectivity index (χ1) is 10.1. The third-order valence-electron chi connectivity index (χ3n) is 3.93. The molecule has 21 heavy (non-hydrogen) atoms. The van der Waals surface area contributed by atoms with Crippen LogP contribution in [0.1, 0.15) is 42.5 Å². The monoisotopic (exact) mass is 292 g/mol. The van der Waals surface area contributed by atoms with E-state index in [0.717, 1.165) is 6.42 Å². The third-order valence-corrected chi connectivity index (χ3v) is 3.93. The number of rotatable bonds is 6. The molecule has 0 bridgehead atoms. The summed E-state index contributed by atoms with van der Waals surface area (Å²) < 4.78 is 0. The van der Waals surface area contributed by atoms with Gasteiger partial charge in [-0.1, -0.05) is 31.7 Å². The molecule has 1 fully saturated rings. The molecule has 1 amide bonds. The molecule has 0 aromatic heterocycles. The molecule has 7 heteroatoms. The van der Waals surface area contributed by atoms with Crippen LogP contribution < -0.4 is 16.6 Å². The summed E-state index contributed by atoms with van der Waals surface area (Å²) in [6.07, 6.45) is 5.86. The van der Waals surface area contributed by atoms with Crippen LogP contribution in [0.25, 0.3) is 0 Å². The molecule has 114 valence electrons. The fourth-order valence-corrected chi connectivity index (χ4v) is 2.82. The van der Waals surface area contributed by atoms with Crippen LogP contribution in [0.4, 0.5) is 11.4 Å². The Hall–Kier alpha value is -2.15. The van der Waals surface area contributed by atoms with Crippen molar-refractivity contribution >= 4 is 17.3 Å². The van der Waals surface area contributed by atoms with Gasteiger partial charge in [0.2, 0.25) is 0 Å². The minimum atomic E-state index is -0.596. The van der Waals surface area contributed by atoms with Gasteiger partial charge in [-0.15, -0.1) is 0 Å². The van der Waals surface area contributed by atoms with E-state index < -0.39 is 10.8 Å². The molecule has 2 rings (SSSR count). The van der Waals surface area contributed by atoms with Gasteiger partial charge in [0, 0.05) is 6.54 Å². The maximum atomic E-state index is 12.1. The standard InChI is InChI=1S/C14H20N4O3/c15-17-12-7-3-6-11(13(12)18(20)21)14(19)16-9-8-10-4-1-2-5-10/h3,6-7,10,17H,1-2,4-5,8-9,15H2,(H,16,19). The Kier molecular flexibility index (Phi) is 5.10. The minimum absolute atomic E-state index is 0.0295. The van der Waals surface area contributed by atoms with Crippen molar-refractivity contribution in [2.24, 2.45) is 11.8 Å². The Balaban J connectivity index is 2.02. The molecule has 0 spiro atoms. The van der Waals surface area contributed by atoms with E-state index in [1.807, 2.05) is 0 Å². The van der Waals surface area contributed by atoms with Crippen LogP contribution in [0.5, 0.6) is 0 Å². The summed E-state index contributed by atoms with van der Waals surface area (Å²) in [5, 5.41) is 13.9. The average molecular weight is 292 g/mol. The van der Waals surface area contributed by atoms with Crippen LogP contribution >= 0.6 is 0 Å². The van der Waals surface area contributed by atoms with Crippen molar-refractivity contribution in [3.8, 4) is 0 Å². The van der Waals surface area contributed by atoms with Crippen molar-refractivity contribution in [2.45, 2.75) is 32.1 Å². The number of nitrogens with two attached hydrogens (primary N) is 1. The molecular weight excluding hydrogens is 272 g/mol. The van der Waals surface area contributed by atoms with E-state index in [4.69, 9.17) is 5.84 Å². The molecule has 0 unspecified atom stereocenters. The number of nitrogens with zero attached hydrogens (tertiary/aromatic N) is 1. The summed E-state index contributed by atoms with van der Waals surface area (Å²) in [6, 6.07) is 4.46. The van der Waals surface area contributed by atoms with Crippen LogP contribution in [0.3, 0.4) is 0 Å². The van der Waals surface area contributed by atoms with Gasteiger partial charge in [-0.05, 0) is 24.5 Å². The van der Waals surface area contributed by atoms with Gasteiger partial charge >= 0.3 is 5.69 Å². The van der Waals surface area contributed by atoms with E-state index in [1.165, 1.54) is 37.8 Å². The van der Waals surface area contributed by atoms with Crippen LogP contribution in [-0.4, -0.2) is 17.4 Å². The van der Waals surface area contributed by atoms with Gasteiger partial charge in [0.05, 0.1) is 4.92 Å². The number of nitrogen functional groups attached to an aromatic ring is 1. The van der Waals surface area contributed by atoms with Crippen LogP contribution in [0.2, 0.25) is 0 Å². The average Bonchev–Trinajstić information content (AvgIpc) is 2.99. The number of hydrogen-bond acceptors (Lipinski definition) is 5. The van der Waals surface area contributed by atoms with E-state index in [9.17, 15) is 14.9 Å². The van der Waals surface area contributed by atoms with Crippen molar-refractivity contribution in [2.75, 3.05) is 12.0 Å². The Morgan fingerprint density at radius 3 is 2.71 bits per heavy atom. The number of benzene rings is 1. The maximum absolute atomic E-state index is 12.1. The molecule has 1 saturated carbocycles. The SMILES string of the molecule is NNc1cccc(C(=O)NCCC2CCCC2)c1[N+](=O)[O-]. The summed E-state index contributed by atoms with van der Waals surface area (Å²) in [5.74, 6) is 5.48. The quantitative estimate of drug-likeness (QED) is 0.423. The maximum Gasteiger partial charge on any atom is 0.306 e. The Morgan fingerprint density at radius 1 is 1.38 bits per heavy atom. The lowest BCUT2D eigenvalue weighted by molar-refractivity contribution is -0.384. The van der Waals surface area contributed by atoms with Gasteiger partial charge in [-0.3, -0.25) is 20.8 Å². The Bertz CT molecular complexity index is 527. The highest BCUT2D eigenvalue weighted by atomic mass is 16.6. The van der Waals surface area contributed by atoms with Crippen molar-refractivity contribution in [3.05, 3.63) is 33.9 Å². The second-order valence-electron chi connectivity index (χ2n) is 5.30. The smallest absolute Gasteiger partial charge is 0.306 e. The fraction of sp³-hybridized carbons (Fsp3) is 0.500. The molecule has 0 radical (unpaired) electrons. The molecule has 0 saturated heterocycles. The molecule has 0 aliphatic heterocycles. The van der Waals surface area contributed by atoms with E-state index in [0.29, 0.717) is 12.5 Å². The van der Waals surface area contributed by atoms with Crippen molar-refractivity contribution < 1.29 is 9.72 Å². The number of hydrogen-bond donors (Lipinski definition) is 3. The number of nitro benzene ring substituents is 1. The summed E-state index contributed by atoms with van der Waals surface area (Å²) in [5.41, 5.74) is 2.12. The van der Waals surface area contributed by atoms with Crippen molar-refractivity contribution in [3.63, 3.8) is 0 Å². The van der Waals surface area contributed by atoms with Gasteiger partial charge < -0.3 is 10.7 Å². The number of para-hydroxylation sites is 1. The second-order valence-corrected chi connectivity index (χ2v) is 5.30. The van der Waals surface area contributed by atoms with Gasteiger partial charge in [-0.2, -0.15) is 0 Å². The highest BCUT2D eigenvalue weighted by Crippen LogP contribution is 2.28. The van der Waals surface area contributed by atoms with E-state index in [2.05, 4.69) is 10.7 Å². The van der Waals surface area contributed by atoms with Crippen LogP contribution in [0.15, 0.2) is 18.2 Å². The van der Waals surface area contributed by atoms with Gasteiger partial charge in [0.1, 0.15) is 11.3 Å². The zero-order chi connectivity index (χ0) is 15.2. The number of nitro groups is 1. The molecule has 0 heterocycles. The lowest BCUT2D eigenvalue weighted by atomic mass is 10.0. The topological polar surface area (TPSA) is 110 Å². The molecule has 1 aromatic carbocycles. The lowest BCUT2D eigenvalue weighted by Gasteiger charge is -2.11. The normalized spacial score (nSPS) is 14.9. The number of carbonyl (C=O) groups is 1. The molecule has 1 aromatic rings. The first-order valence-electron chi connectivity index (χ1n) is 7.15. The van der Waals surface area contributed by atoms with E-state index in [-0.39, 0.29) is 16.9 Å². The molecule has 0 atom stereocenters. The van der Waals surface area contributed by atoms with E-state index in [1.54, 1.807) is 6.07 Å². The molecule has 1 aliphatic carbocycles. The van der Waals surface area contributed by atoms with Gasteiger partial charge in [0.25, 0.3) is 5.91 Å². The summed E-state index contributed by atoms with van der Waals surface area (Å²) in [4.78, 5) is 22.7. The number of carbonyl (C=O) groups excluding carboxylic acids is 1. The fourth-order valence-electron chi connectivity index (χ4n) is 2.82. The Labute approximate surface area is 123 Å². The van der Waals surface area contributed by atoms with Gasteiger partial charge in [0.15, 0.2) is 0 Å². The highest BCUT2D eigenvalue weighted by Gasteiger charge is 2.24. The number of hydrazine groups is 1. The van der Waals surface area contributed by atoms with Crippen LogP contribution in [0, 0.1) is 16.0 Å². The molecular formula is C14H20N4O3. The predicted octanol–water partition coefficient (Wildman–Crippen LogP) is 2.19. The summed E-state index contributed by atoms with van der Waals surface area (Å²) >= 11 is 0. The van der Waals surface area contributed by atoms with Gasteiger partial charge in [-0.25, -0.2) is 0 Å². The summed E-state index contributed by atoms with van der Waals surface area (Å²) in [6.45, 7) is 0.543. The lowest BCUT2D eigenvalue weighted by Crippen LogP contribution is -2.26. The second kappa shape index (κ2) is 7.03. The van der Waals surface area contributed by atoms with Crippen LogP contribution in [-0.2, 0) is 0 Å². The number of nitrogens with one attached hydrogen (secondary N) is 2. The minimum Gasteiger partial charge on any atom is -0.352 e. The summed E-state index contributed by atoms with van der Waals surface area (Å²) in [7, 11) is 0. The van der Waals surface area contributed by atoms with Crippen molar-refractivity contribution in [1.82, 2.24) is 5.32 Å². The zero-order valence-electron chi connectivity index (χ0n) is 11.8. The largest absolute Gasteiger partial charge is 0.352 e. The first-order valence-corrected chi connectivity index (χ1v) is 7.15. The Morgan fingerprint density at radius 2 is 2.10 bits per heavy atom.